The molecular weight excluding hydrogens is 282 g/mol. The molecular formula is C14H16F2N2OS. The van der Waals surface area contributed by atoms with Crippen LogP contribution in [0.1, 0.15) is 23.4 Å². The predicted molar refractivity (Wildman–Crippen MR) is 75.3 cm³/mol. The first-order chi connectivity index (χ1) is 9.69. The molecule has 3 nitrogen and oxygen atoms in total. The standard InChI is InChI=1S/C14H16F2N2OS/c1-2-18-13(7-12-8-17-9-20-12)10-4-3-5-11(6-10)19-14(15)16/h3-6,8-9,13-14,18H,2,7H2,1H3. The minimum absolute atomic E-state index is 0.0571. The van der Waals surface area contributed by atoms with Crippen molar-refractivity contribution < 1.29 is 13.5 Å². The highest BCUT2D eigenvalue weighted by molar-refractivity contribution is 7.09. The number of ether oxygens (including phenoxy) is 1. The molecule has 0 spiro atoms. The van der Waals surface area contributed by atoms with Gasteiger partial charge < -0.3 is 10.1 Å². The van der Waals surface area contributed by atoms with Crippen LogP contribution in [0.5, 0.6) is 5.75 Å². The largest absolute Gasteiger partial charge is 0.435 e. The van der Waals surface area contributed by atoms with Crippen LogP contribution in [0.15, 0.2) is 36.0 Å². The van der Waals surface area contributed by atoms with Crippen LogP contribution in [-0.4, -0.2) is 18.1 Å². The maximum Gasteiger partial charge on any atom is 0.387 e. The fraction of sp³-hybridized carbons (Fsp3) is 0.357. The summed E-state index contributed by atoms with van der Waals surface area (Å²) >= 11 is 1.58. The van der Waals surface area contributed by atoms with Gasteiger partial charge in [-0.15, -0.1) is 11.3 Å². The maximum absolute atomic E-state index is 12.3. The van der Waals surface area contributed by atoms with Crippen LogP contribution in [0, 0.1) is 0 Å². The number of alkyl halides is 2. The van der Waals surface area contributed by atoms with E-state index in [9.17, 15) is 8.78 Å². The van der Waals surface area contributed by atoms with Crippen molar-refractivity contribution in [2.75, 3.05) is 6.54 Å². The lowest BCUT2D eigenvalue weighted by Crippen LogP contribution is -2.22. The summed E-state index contributed by atoms with van der Waals surface area (Å²) in [5.41, 5.74) is 2.72. The van der Waals surface area contributed by atoms with Crippen LogP contribution in [0.25, 0.3) is 0 Å². The maximum atomic E-state index is 12.3. The summed E-state index contributed by atoms with van der Waals surface area (Å²) in [5.74, 6) is 0.185. The van der Waals surface area contributed by atoms with E-state index in [1.54, 1.807) is 29.0 Å². The highest BCUT2D eigenvalue weighted by atomic mass is 32.1. The SMILES string of the molecule is CCNC(Cc1cncs1)c1cccc(OC(F)F)c1. The Morgan fingerprint density at radius 2 is 2.25 bits per heavy atom. The molecule has 1 aromatic carbocycles. The molecule has 0 amide bonds. The number of thiazole rings is 1. The van der Waals surface area contributed by atoms with Gasteiger partial charge in [-0.25, -0.2) is 0 Å². The van der Waals surface area contributed by atoms with Gasteiger partial charge in [-0.3, -0.25) is 4.98 Å². The zero-order chi connectivity index (χ0) is 14.4. The normalized spacial score (nSPS) is 12.6. The summed E-state index contributed by atoms with van der Waals surface area (Å²) in [7, 11) is 0. The van der Waals surface area contributed by atoms with E-state index in [4.69, 9.17) is 0 Å². The summed E-state index contributed by atoms with van der Waals surface area (Å²) in [5, 5.41) is 3.35. The van der Waals surface area contributed by atoms with Crippen molar-refractivity contribution in [3.05, 3.63) is 46.4 Å². The molecule has 0 saturated carbocycles. The van der Waals surface area contributed by atoms with Gasteiger partial charge >= 0.3 is 6.61 Å². The molecule has 1 unspecified atom stereocenters. The summed E-state index contributed by atoms with van der Waals surface area (Å²) < 4.78 is 29.0. The number of hydrogen-bond donors (Lipinski definition) is 1. The number of aromatic nitrogens is 1. The third-order valence-electron chi connectivity index (χ3n) is 2.82. The molecule has 1 heterocycles. The Balaban J connectivity index is 2.15. The van der Waals surface area contributed by atoms with Crippen LogP contribution in [0.3, 0.4) is 0 Å². The third kappa shape index (κ3) is 4.25. The second-order valence-corrected chi connectivity index (χ2v) is 5.20. The molecule has 20 heavy (non-hydrogen) atoms. The first-order valence-electron chi connectivity index (χ1n) is 6.34. The van der Waals surface area contributed by atoms with Crippen LogP contribution >= 0.6 is 11.3 Å². The molecule has 1 aromatic heterocycles. The van der Waals surface area contributed by atoms with E-state index in [0.717, 1.165) is 23.4 Å². The van der Waals surface area contributed by atoms with Gasteiger partial charge in [-0.2, -0.15) is 8.78 Å². The van der Waals surface area contributed by atoms with E-state index in [2.05, 4.69) is 15.0 Å². The van der Waals surface area contributed by atoms with E-state index in [1.165, 1.54) is 6.07 Å². The van der Waals surface area contributed by atoms with Gasteiger partial charge in [0.25, 0.3) is 0 Å². The van der Waals surface area contributed by atoms with Gasteiger partial charge in [0, 0.05) is 23.5 Å². The molecule has 0 aliphatic heterocycles. The third-order valence-corrected chi connectivity index (χ3v) is 3.63. The monoisotopic (exact) mass is 298 g/mol. The number of halogens is 2. The molecule has 6 heteroatoms. The molecule has 2 aromatic rings. The van der Waals surface area contributed by atoms with Gasteiger partial charge in [-0.1, -0.05) is 19.1 Å². The van der Waals surface area contributed by atoms with Crippen molar-refractivity contribution in [1.82, 2.24) is 10.3 Å². The lowest BCUT2D eigenvalue weighted by atomic mass is 10.0. The van der Waals surface area contributed by atoms with Crippen molar-refractivity contribution in [3.63, 3.8) is 0 Å². The fourth-order valence-electron chi connectivity index (χ4n) is 2.01. The molecule has 1 N–H and O–H groups in total. The first-order valence-corrected chi connectivity index (χ1v) is 7.22. The van der Waals surface area contributed by atoms with E-state index in [0.29, 0.717) is 0 Å². The van der Waals surface area contributed by atoms with Crippen molar-refractivity contribution in [2.24, 2.45) is 0 Å². The summed E-state index contributed by atoms with van der Waals surface area (Å²) in [6.07, 6.45) is 2.60. The number of nitrogens with zero attached hydrogens (tertiary/aromatic N) is 1. The van der Waals surface area contributed by atoms with Crippen molar-refractivity contribution in [3.8, 4) is 5.75 Å². The van der Waals surface area contributed by atoms with Gasteiger partial charge in [0.15, 0.2) is 0 Å². The number of rotatable bonds is 7. The Morgan fingerprint density at radius 1 is 1.40 bits per heavy atom. The van der Waals surface area contributed by atoms with Crippen molar-refractivity contribution in [2.45, 2.75) is 26.0 Å². The fourth-order valence-corrected chi connectivity index (χ4v) is 2.65. The van der Waals surface area contributed by atoms with Crippen LogP contribution in [0.4, 0.5) is 8.78 Å². The molecule has 1 atom stereocenters. The Hall–Kier alpha value is -1.53. The van der Waals surface area contributed by atoms with E-state index >= 15 is 0 Å². The zero-order valence-corrected chi connectivity index (χ0v) is 11.9. The molecule has 0 bridgehead atoms. The zero-order valence-electron chi connectivity index (χ0n) is 11.1. The minimum atomic E-state index is -2.80. The van der Waals surface area contributed by atoms with Crippen LogP contribution < -0.4 is 10.1 Å². The molecule has 0 aliphatic carbocycles. The number of nitrogens with one attached hydrogen (secondary N) is 1. The minimum Gasteiger partial charge on any atom is -0.435 e. The van der Waals surface area contributed by atoms with E-state index < -0.39 is 6.61 Å². The smallest absolute Gasteiger partial charge is 0.387 e. The average molecular weight is 298 g/mol. The van der Waals surface area contributed by atoms with Gasteiger partial charge in [-0.05, 0) is 24.2 Å². The summed E-state index contributed by atoms with van der Waals surface area (Å²) in [6, 6.07) is 6.88. The van der Waals surface area contributed by atoms with Gasteiger partial charge in [0.05, 0.1) is 5.51 Å². The van der Waals surface area contributed by atoms with Gasteiger partial charge in [0.2, 0.25) is 0 Å². The van der Waals surface area contributed by atoms with E-state index in [-0.39, 0.29) is 11.8 Å². The van der Waals surface area contributed by atoms with Crippen molar-refractivity contribution >= 4 is 11.3 Å². The Kier molecular flexibility index (Phi) is 5.43. The lowest BCUT2D eigenvalue weighted by molar-refractivity contribution is -0.0499. The molecule has 108 valence electrons. The van der Waals surface area contributed by atoms with Gasteiger partial charge in [0.1, 0.15) is 5.75 Å². The number of benzene rings is 1. The summed E-state index contributed by atoms with van der Waals surface area (Å²) in [4.78, 5) is 5.20. The lowest BCUT2D eigenvalue weighted by Gasteiger charge is -2.18. The van der Waals surface area contributed by atoms with Crippen molar-refractivity contribution in [1.29, 1.82) is 0 Å². The second kappa shape index (κ2) is 7.31. The number of likely N-dealkylation sites (N-methyl/N-ethyl adjacent to an activating group) is 1. The Labute approximate surface area is 120 Å². The van der Waals surface area contributed by atoms with Crippen LogP contribution in [-0.2, 0) is 6.42 Å². The Bertz CT molecular complexity index is 520. The average Bonchev–Trinajstić information content (AvgIpc) is 2.91. The number of hydrogen-bond acceptors (Lipinski definition) is 4. The molecule has 2 rings (SSSR count). The highest BCUT2D eigenvalue weighted by Crippen LogP contribution is 2.24. The second-order valence-electron chi connectivity index (χ2n) is 4.23. The quantitative estimate of drug-likeness (QED) is 0.847. The summed E-state index contributed by atoms with van der Waals surface area (Å²) in [6.45, 7) is 0.00657. The Morgan fingerprint density at radius 3 is 2.90 bits per heavy atom. The van der Waals surface area contributed by atoms with E-state index in [1.807, 2.05) is 19.2 Å². The predicted octanol–water partition coefficient (Wildman–Crippen LogP) is 3.64. The molecule has 0 fully saturated rings. The topological polar surface area (TPSA) is 34.2 Å². The highest BCUT2D eigenvalue weighted by Gasteiger charge is 2.14. The molecule has 0 aliphatic rings. The molecule has 0 radical (unpaired) electrons. The molecule has 0 saturated heterocycles. The van der Waals surface area contributed by atoms with Crippen LogP contribution in [0.2, 0.25) is 0 Å². The first kappa shape index (κ1) is 14.9.